The third kappa shape index (κ3) is 3.97. The van der Waals surface area contributed by atoms with Crippen LogP contribution in [-0.2, 0) is 0 Å². The van der Waals surface area contributed by atoms with Crippen LogP contribution in [0.25, 0.3) is 22.4 Å². The number of nitrogens with zero attached hydrogens (tertiary/aromatic N) is 2. The van der Waals surface area contributed by atoms with Crippen molar-refractivity contribution in [1.82, 2.24) is 9.55 Å². The highest BCUT2D eigenvalue weighted by atomic mass is 16.1. The number of fused-ring (bicyclic) bond motifs is 1. The van der Waals surface area contributed by atoms with Gasteiger partial charge in [0.15, 0.2) is 5.78 Å². The number of imidazole rings is 1. The summed E-state index contributed by atoms with van der Waals surface area (Å²) < 4.78 is 2.30. The maximum absolute atomic E-state index is 12.9. The number of Topliss-reactive ketones (excluding diaryl/α,β-unsaturated/α-hetero) is 1. The van der Waals surface area contributed by atoms with Crippen molar-refractivity contribution in [3.8, 4) is 11.4 Å². The molecule has 3 heteroatoms. The SMILES string of the molecule is O=C(CCC(c1ccccc1)n1c(-c2ccccc2)nc2ccccc21)c1ccccc1. The standard InChI is InChI=1S/C29H24N2O/c32-28(23-14-6-2-7-15-23)21-20-26(22-12-4-1-5-13-22)31-27-19-11-10-18-25(27)30-29(31)24-16-8-3-9-17-24/h1-19,26H,20-21H2. The molecular formula is C29H24N2O. The van der Waals surface area contributed by atoms with E-state index in [-0.39, 0.29) is 11.8 Å². The predicted molar refractivity (Wildman–Crippen MR) is 130 cm³/mol. The minimum Gasteiger partial charge on any atom is -0.316 e. The van der Waals surface area contributed by atoms with Crippen LogP contribution in [0, 0.1) is 0 Å². The Morgan fingerprint density at radius 2 is 1.31 bits per heavy atom. The second-order valence-corrected chi connectivity index (χ2v) is 7.91. The largest absolute Gasteiger partial charge is 0.316 e. The molecule has 1 atom stereocenters. The Morgan fingerprint density at radius 1 is 0.719 bits per heavy atom. The minimum absolute atomic E-state index is 0.00790. The number of hydrogen-bond donors (Lipinski definition) is 0. The van der Waals surface area contributed by atoms with Gasteiger partial charge in [-0.2, -0.15) is 0 Å². The van der Waals surface area contributed by atoms with Gasteiger partial charge in [-0.15, -0.1) is 0 Å². The molecule has 0 N–H and O–H groups in total. The van der Waals surface area contributed by atoms with E-state index in [4.69, 9.17) is 4.98 Å². The van der Waals surface area contributed by atoms with E-state index in [1.54, 1.807) is 0 Å². The molecule has 0 saturated carbocycles. The minimum atomic E-state index is -0.00790. The van der Waals surface area contributed by atoms with Crippen LogP contribution in [0.4, 0.5) is 0 Å². The molecule has 1 unspecified atom stereocenters. The van der Waals surface area contributed by atoms with Crippen LogP contribution in [0.5, 0.6) is 0 Å². The van der Waals surface area contributed by atoms with Gasteiger partial charge in [-0.3, -0.25) is 4.79 Å². The lowest BCUT2D eigenvalue weighted by atomic mass is 9.97. The first kappa shape index (κ1) is 20.0. The van der Waals surface area contributed by atoms with E-state index in [1.807, 2.05) is 66.7 Å². The van der Waals surface area contributed by atoms with E-state index in [0.29, 0.717) is 12.8 Å². The first-order valence-electron chi connectivity index (χ1n) is 11.0. The summed E-state index contributed by atoms with van der Waals surface area (Å²) in [4.78, 5) is 17.9. The summed E-state index contributed by atoms with van der Waals surface area (Å²) in [7, 11) is 0. The highest BCUT2D eigenvalue weighted by molar-refractivity contribution is 5.96. The Kier molecular flexibility index (Phi) is 5.63. The summed E-state index contributed by atoms with van der Waals surface area (Å²) in [5, 5.41) is 0. The molecule has 0 spiro atoms. The molecule has 4 aromatic carbocycles. The van der Waals surface area contributed by atoms with Crippen LogP contribution in [0.2, 0.25) is 0 Å². The molecule has 0 amide bonds. The lowest BCUT2D eigenvalue weighted by molar-refractivity contribution is 0.0976. The van der Waals surface area contributed by atoms with Crippen molar-refractivity contribution in [3.63, 3.8) is 0 Å². The van der Waals surface area contributed by atoms with Gasteiger partial charge in [0.1, 0.15) is 5.82 Å². The van der Waals surface area contributed by atoms with Gasteiger partial charge in [-0.05, 0) is 24.1 Å². The number of aromatic nitrogens is 2. The fraction of sp³-hybridized carbons (Fsp3) is 0.103. The van der Waals surface area contributed by atoms with Gasteiger partial charge in [-0.25, -0.2) is 4.98 Å². The van der Waals surface area contributed by atoms with Gasteiger partial charge in [0, 0.05) is 17.5 Å². The molecule has 0 aliphatic carbocycles. The molecule has 0 aliphatic heterocycles. The molecule has 1 heterocycles. The van der Waals surface area contributed by atoms with E-state index in [2.05, 4.69) is 53.1 Å². The fourth-order valence-electron chi connectivity index (χ4n) is 4.31. The van der Waals surface area contributed by atoms with Gasteiger partial charge < -0.3 is 4.57 Å². The molecular weight excluding hydrogens is 392 g/mol. The molecule has 32 heavy (non-hydrogen) atoms. The molecule has 0 saturated heterocycles. The van der Waals surface area contributed by atoms with E-state index in [9.17, 15) is 4.79 Å². The van der Waals surface area contributed by atoms with E-state index in [1.165, 1.54) is 5.56 Å². The summed E-state index contributed by atoms with van der Waals surface area (Å²) in [6.07, 6.45) is 1.15. The Bertz CT molecular complexity index is 1330. The monoisotopic (exact) mass is 416 g/mol. The lowest BCUT2D eigenvalue weighted by Crippen LogP contribution is -2.14. The van der Waals surface area contributed by atoms with Gasteiger partial charge in [0.25, 0.3) is 0 Å². The molecule has 0 radical (unpaired) electrons. The first-order valence-corrected chi connectivity index (χ1v) is 11.0. The summed E-state index contributed by atoms with van der Waals surface area (Å²) in [6.45, 7) is 0. The highest BCUT2D eigenvalue weighted by Gasteiger charge is 2.23. The average molecular weight is 417 g/mol. The summed E-state index contributed by atoms with van der Waals surface area (Å²) in [5.74, 6) is 1.09. The van der Waals surface area contributed by atoms with Crippen molar-refractivity contribution in [3.05, 3.63) is 126 Å². The molecule has 0 fully saturated rings. The van der Waals surface area contributed by atoms with E-state index in [0.717, 1.165) is 28.0 Å². The number of hydrogen-bond acceptors (Lipinski definition) is 2. The van der Waals surface area contributed by atoms with Gasteiger partial charge in [-0.1, -0.05) is 103 Å². The van der Waals surface area contributed by atoms with Gasteiger partial charge >= 0.3 is 0 Å². The lowest BCUT2D eigenvalue weighted by Gasteiger charge is -2.23. The van der Waals surface area contributed by atoms with Crippen LogP contribution in [0.15, 0.2) is 115 Å². The normalized spacial score (nSPS) is 12.0. The van der Waals surface area contributed by atoms with E-state index < -0.39 is 0 Å². The number of carbonyl (C=O) groups excluding carboxylic acids is 1. The zero-order chi connectivity index (χ0) is 21.8. The Morgan fingerprint density at radius 3 is 2.03 bits per heavy atom. The van der Waals surface area contributed by atoms with Crippen molar-refractivity contribution >= 4 is 16.8 Å². The van der Waals surface area contributed by atoms with Crippen LogP contribution >= 0.6 is 0 Å². The summed E-state index contributed by atoms with van der Waals surface area (Å²) in [5.41, 5.74) is 5.04. The third-order valence-electron chi connectivity index (χ3n) is 5.86. The maximum atomic E-state index is 12.9. The molecule has 1 aromatic heterocycles. The molecule has 3 nitrogen and oxygen atoms in total. The zero-order valence-electron chi connectivity index (χ0n) is 17.8. The van der Waals surface area contributed by atoms with Gasteiger partial charge in [0.2, 0.25) is 0 Å². The zero-order valence-corrected chi connectivity index (χ0v) is 17.8. The summed E-state index contributed by atoms with van der Waals surface area (Å²) >= 11 is 0. The van der Waals surface area contributed by atoms with E-state index >= 15 is 0 Å². The number of carbonyl (C=O) groups is 1. The second-order valence-electron chi connectivity index (χ2n) is 7.91. The van der Waals surface area contributed by atoms with Crippen molar-refractivity contribution in [2.24, 2.45) is 0 Å². The van der Waals surface area contributed by atoms with Crippen molar-refractivity contribution in [2.75, 3.05) is 0 Å². The van der Waals surface area contributed by atoms with Crippen molar-refractivity contribution in [2.45, 2.75) is 18.9 Å². The molecule has 5 aromatic rings. The molecule has 0 aliphatic rings. The fourth-order valence-corrected chi connectivity index (χ4v) is 4.31. The Balaban J connectivity index is 1.61. The Hall–Kier alpha value is -3.98. The number of rotatable bonds is 7. The van der Waals surface area contributed by atoms with Crippen LogP contribution < -0.4 is 0 Å². The molecule has 5 rings (SSSR count). The summed E-state index contributed by atoms with van der Waals surface area (Å²) in [6, 6.07) is 38.5. The average Bonchev–Trinajstić information content (AvgIpc) is 3.25. The first-order chi connectivity index (χ1) is 15.8. The second kappa shape index (κ2) is 9.03. The predicted octanol–water partition coefficient (Wildman–Crippen LogP) is 6.96. The Labute approximate surface area is 188 Å². The smallest absolute Gasteiger partial charge is 0.162 e. The van der Waals surface area contributed by atoms with Gasteiger partial charge in [0.05, 0.1) is 17.1 Å². The molecule has 156 valence electrons. The quantitative estimate of drug-likeness (QED) is 0.269. The maximum Gasteiger partial charge on any atom is 0.162 e. The van der Waals surface area contributed by atoms with Crippen molar-refractivity contribution < 1.29 is 4.79 Å². The number of ketones is 1. The number of benzene rings is 4. The van der Waals surface area contributed by atoms with Crippen LogP contribution in [0.3, 0.4) is 0 Å². The molecule has 0 bridgehead atoms. The highest BCUT2D eigenvalue weighted by Crippen LogP contribution is 2.34. The number of para-hydroxylation sites is 2. The van der Waals surface area contributed by atoms with Crippen molar-refractivity contribution in [1.29, 1.82) is 0 Å². The van der Waals surface area contributed by atoms with Crippen LogP contribution in [0.1, 0.15) is 34.8 Å². The van der Waals surface area contributed by atoms with Crippen LogP contribution in [-0.4, -0.2) is 15.3 Å². The third-order valence-corrected chi connectivity index (χ3v) is 5.86. The topological polar surface area (TPSA) is 34.9 Å².